The van der Waals surface area contributed by atoms with Crippen molar-refractivity contribution in [3.05, 3.63) is 65.4 Å². The van der Waals surface area contributed by atoms with Crippen LogP contribution in [0.2, 0.25) is 0 Å². The first-order valence-electron chi connectivity index (χ1n) is 9.52. The molecule has 4 rings (SSSR count). The second-order valence-corrected chi connectivity index (χ2v) is 7.68. The topological polar surface area (TPSA) is 74.8 Å². The van der Waals surface area contributed by atoms with Gasteiger partial charge in [0.15, 0.2) is 5.76 Å². The number of benzene rings is 1. The van der Waals surface area contributed by atoms with E-state index >= 15 is 0 Å². The first kappa shape index (κ1) is 19.3. The zero-order chi connectivity index (χ0) is 20.1. The number of nitrogens with zero attached hydrogens (tertiary/aromatic N) is 3. The number of hydrogen-bond donors (Lipinski definition) is 1. The van der Waals surface area contributed by atoms with Crippen molar-refractivity contribution in [2.45, 2.75) is 0 Å². The van der Waals surface area contributed by atoms with Gasteiger partial charge in [0, 0.05) is 54.8 Å². The van der Waals surface area contributed by atoms with E-state index in [1.165, 1.54) is 0 Å². The van der Waals surface area contributed by atoms with Crippen LogP contribution in [0.3, 0.4) is 0 Å². The van der Waals surface area contributed by atoms with Gasteiger partial charge in [-0.1, -0.05) is 6.07 Å². The van der Waals surface area contributed by atoms with Crippen molar-refractivity contribution < 1.29 is 14.3 Å². The summed E-state index contributed by atoms with van der Waals surface area (Å²) in [5.41, 5.74) is 1.24. The number of aromatic nitrogens is 1. The number of carbonyl (C=O) groups excluding carboxylic acids is 2. The standard InChI is InChI=1S/C21H22N4O3S/c26-20(18-15-29-14-13-28-18)23-17-6-4-16(5-7-17)21(27)25-11-9-24(10-12-25)19-3-1-2-8-22-19/h1-8,15H,9-14H2,(H,23,26). The molecule has 0 aliphatic carbocycles. The Hall–Kier alpha value is -3.00. The summed E-state index contributed by atoms with van der Waals surface area (Å²) < 4.78 is 5.35. The number of nitrogens with one attached hydrogen (secondary N) is 1. The average molecular weight is 410 g/mol. The van der Waals surface area contributed by atoms with Gasteiger partial charge in [-0.25, -0.2) is 4.98 Å². The Kier molecular flexibility index (Phi) is 6.00. The molecule has 0 spiro atoms. The lowest BCUT2D eigenvalue weighted by Crippen LogP contribution is -2.49. The van der Waals surface area contributed by atoms with Gasteiger partial charge < -0.3 is 19.9 Å². The lowest BCUT2D eigenvalue weighted by molar-refractivity contribution is -0.116. The molecule has 2 amide bonds. The van der Waals surface area contributed by atoms with Crippen LogP contribution in [0.4, 0.5) is 11.5 Å². The number of amides is 2. The van der Waals surface area contributed by atoms with Crippen molar-refractivity contribution >= 4 is 35.1 Å². The van der Waals surface area contributed by atoms with E-state index in [0.717, 1.165) is 24.7 Å². The molecule has 0 saturated carbocycles. The largest absolute Gasteiger partial charge is 0.487 e. The number of carbonyl (C=O) groups is 2. The Morgan fingerprint density at radius 2 is 1.83 bits per heavy atom. The molecule has 8 heteroatoms. The van der Waals surface area contributed by atoms with E-state index < -0.39 is 0 Å². The third-order valence-corrected chi connectivity index (χ3v) is 5.59. The lowest BCUT2D eigenvalue weighted by Gasteiger charge is -2.35. The van der Waals surface area contributed by atoms with Gasteiger partial charge in [-0.05, 0) is 36.4 Å². The number of piperazine rings is 1. The van der Waals surface area contributed by atoms with Crippen LogP contribution >= 0.6 is 11.8 Å². The molecule has 2 aliphatic rings. The van der Waals surface area contributed by atoms with Crippen molar-refractivity contribution in [2.24, 2.45) is 0 Å². The predicted molar refractivity (Wildman–Crippen MR) is 114 cm³/mol. The summed E-state index contributed by atoms with van der Waals surface area (Å²) in [5.74, 6) is 1.84. The number of rotatable bonds is 4. The molecule has 1 saturated heterocycles. The van der Waals surface area contributed by atoms with Crippen LogP contribution < -0.4 is 10.2 Å². The highest BCUT2D eigenvalue weighted by Gasteiger charge is 2.23. The fourth-order valence-electron chi connectivity index (χ4n) is 3.24. The minimum Gasteiger partial charge on any atom is -0.487 e. The van der Waals surface area contributed by atoms with Crippen LogP contribution in [0, 0.1) is 0 Å². The Balaban J connectivity index is 1.32. The van der Waals surface area contributed by atoms with E-state index in [4.69, 9.17) is 4.74 Å². The molecular weight excluding hydrogens is 388 g/mol. The van der Waals surface area contributed by atoms with E-state index in [0.29, 0.717) is 36.7 Å². The van der Waals surface area contributed by atoms with Gasteiger partial charge in [0.25, 0.3) is 11.8 Å². The monoisotopic (exact) mass is 410 g/mol. The highest BCUT2D eigenvalue weighted by Crippen LogP contribution is 2.19. The Bertz CT molecular complexity index is 894. The van der Waals surface area contributed by atoms with E-state index in [1.807, 2.05) is 23.1 Å². The van der Waals surface area contributed by atoms with Gasteiger partial charge in [0.1, 0.15) is 5.82 Å². The SMILES string of the molecule is O=C(Nc1ccc(C(=O)N2CCN(c3ccccn3)CC2)cc1)C1=CSCCO1. The molecule has 1 N–H and O–H groups in total. The maximum Gasteiger partial charge on any atom is 0.291 e. The van der Waals surface area contributed by atoms with E-state index in [2.05, 4.69) is 15.2 Å². The number of anilines is 2. The molecule has 0 atom stereocenters. The summed E-state index contributed by atoms with van der Waals surface area (Å²) in [4.78, 5) is 33.4. The normalized spacial score (nSPS) is 16.6. The van der Waals surface area contributed by atoms with E-state index in [1.54, 1.807) is 47.6 Å². The predicted octanol–water partition coefficient (Wildman–Crippen LogP) is 2.59. The van der Waals surface area contributed by atoms with Crippen molar-refractivity contribution in [2.75, 3.05) is 48.8 Å². The van der Waals surface area contributed by atoms with Crippen molar-refractivity contribution in [1.82, 2.24) is 9.88 Å². The van der Waals surface area contributed by atoms with Crippen LogP contribution in [0.5, 0.6) is 0 Å². The minimum absolute atomic E-state index is 0.00160. The summed E-state index contributed by atoms with van der Waals surface area (Å²) in [6.45, 7) is 3.34. The quantitative estimate of drug-likeness (QED) is 0.835. The van der Waals surface area contributed by atoms with Crippen LogP contribution in [0.25, 0.3) is 0 Å². The number of hydrogen-bond acceptors (Lipinski definition) is 6. The molecular formula is C21H22N4O3S. The number of thioether (sulfide) groups is 1. The molecule has 1 fully saturated rings. The van der Waals surface area contributed by atoms with E-state index in [-0.39, 0.29) is 11.8 Å². The number of ether oxygens (including phenoxy) is 1. The summed E-state index contributed by atoms with van der Waals surface area (Å²) in [5, 5.41) is 4.52. The zero-order valence-corrected chi connectivity index (χ0v) is 16.7. The van der Waals surface area contributed by atoms with Crippen LogP contribution in [-0.2, 0) is 9.53 Å². The first-order valence-corrected chi connectivity index (χ1v) is 10.6. The third kappa shape index (κ3) is 4.71. The molecule has 7 nitrogen and oxygen atoms in total. The molecule has 2 aliphatic heterocycles. The molecule has 29 heavy (non-hydrogen) atoms. The van der Waals surface area contributed by atoms with E-state index in [9.17, 15) is 9.59 Å². The van der Waals surface area contributed by atoms with Gasteiger partial charge in [-0.2, -0.15) is 0 Å². The molecule has 0 bridgehead atoms. The van der Waals surface area contributed by atoms with Gasteiger partial charge >= 0.3 is 0 Å². The van der Waals surface area contributed by atoms with Crippen molar-refractivity contribution in [3.8, 4) is 0 Å². The third-order valence-electron chi connectivity index (χ3n) is 4.80. The molecule has 1 aromatic heterocycles. The second kappa shape index (κ2) is 9.00. The summed E-state index contributed by atoms with van der Waals surface area (Å²) in [7, 11) is 0. The Labute approximate surface area is 173 Å². The molecule has 150 valence electrons. The van der Waals surface area contributed by atoms with Gasteiger partial charge in [-0.15, -0.1) is 11.8 Å². The molecule has 2 aromatic rings. The summed E-state index contributed by atoms with van der Waals surface area (Å²) in [6, 6.07) is 12.8. The summed E-state index contributed by atoms with van der Waals surface area (Å²) in [6.07, 6.45) is 1.78. The van der Waals surface area contributed by atoms with Gasteiger partial charge in [-0.3, -0.25) is 9.59 Å². The van der Waals surface area contributed by atoms with Gasteiger partial charge in [0.2, 0.25) is 0 Å². The molecule has 3 heterocycles. The number of pyridine rings is 1. The molecule has 0 unspecified atom stereocenters. The summed E-state index contributed by atoms with van der Waals surface area (Å²) >= 11 is 1.56. The highest BCUT2D eigenvalue weighted by molar-refractivity contribution is 8.02. The highest BCUT2D eigenvalue weighted by atomic mass is 32.2. The van der Waals surface area contributed by atoms with Crippen molar-refractivity contribution in [3.63, 3.8) is 0 Å². The maximum absolute atomic E-state index is 12.8. The molecule has 0 radical (unpaired) electrons. The fraction of sp³-hybridized carbons (Fsp3) is 0.286. The zero-order valence-electron chi connectivity index (χ0n) is 15.9. The first-order chi connectivity index (χ1) is 14.2. The van der Waals surface area contributed by atoms with Crippen molar-refractivity contribution in [1.29, 1.82) is 0 Å². The fourth-order valence-corrected chi connectivity index (χ4v) is 3.86. The van der Waals surface area contributed by atoms with Crippen LogP contribution in [0.1, 0.15) is 10.4 Å². The second-order valence-electron chi connectivity index (χ2n) is 6.70. The van der Waals surface area contributed by atoms with Gasteiger partial charge in [0.05, 0.1) is 6.61 Å². The smallest absolute Gasteiger partial charge is 0.291 e. The Morgan fingerprint density at radius 1 is 1.03 bits per heavy atom. The lowest BCUT2D eigenvalue weighted by atomic mass is 10.1. The molecule has 1 aromatic carbocycles. The minimum atomic E-state index is -0.276. The maximum atomic E-state index is 12.8. The van der Waals surface area contributed by atoms with Crippen LogP contribution in [0.15, 0.2) is 59.8 Å². The Morgan fingerprint density at radius 3 is 2.48 bits per heavy atom. The van der Waals surface area contributed by atoms with Crippen LogP contribution in [-0.4, -0.2) is 60.2 Å². The average Bonchev–Trinajstić information content (AvgIpc) is 2.80.